The number of nitrogens with one attached hydrogen (secondary N) is 1. The Balaban J connectivity index is 2.15. The van der Waals surface area contributed by atoms with E-state index in [4.69, 9.17) is 0 Å². The predicted octanol–water partition coefficient (Wildman–Crippen LogP) is 1.46. The molecule has 2 rings (SSSR count). The molecule has 6 heteroatoms. The van der Waals surface area contributed by atoms with E-state index in [1.807, 2.05) is 18.2 Å². The first-order chi connectivity index (χ1) is 7.68. The molecule has 0 saturated heterocycles. The largest absolute Gasteiger partial charge is 0.334 e. The third-order valence-electron chi connectivity index (χ3n) is 2.21. The first-order valence-electron chi connectivity index (χ1n) is 4.84. The van der Waals surface area contributed by atoms with Crippen LogP contribution in [0.25, 0.3) is 11.0 Å². The number of hydrogen-bond donors (Lipinski definition) is 1. The molecule has 1 aromatic heterocycles. The van der Waals surface area contributed by atoms with Crippen LogP contribution in [-0.2, 0) is 6.54 Å². The van der Waals surface area contributed by atoms with Gasteiger partial charge < -0.3 is 10.2 Å². The minimum absolute atomic E-state index is 0.111. The maximum absolute atomic E-state index is 11.4. The number of urea groups is 1. The van der Waals surface area contributed by atoms with Gasteiger partial charge in [0.05, 0.1) is 11.7 Å². The fourth-order valence-corrected chi connectivity index (χ4v) is 1.90. The molecule has 0 radical (unpaired) electrons. The third kappa shape index (κ3) is 2.11. The molecule has 2 aromatic rings. The summed E-state index contributed by atoms with van der Waals surface area (Å²) >= 11 is 1.18. The van der Waals surface area contributed by atoms with Gasteiger partial charge in [0, 0.05) is 26.2 Å². The van der Waals surface area contributed by atoms with Gasteiger partial charge in [0.2, 0.25) is 0 Å². The molecular weight excluding hydrogens is 224 g/mol. The van der Waals surface area contributed by atoms with Crippen molar-refractivity contribution in [2.24, 2.45) is 0 Å². The zero-order valence-corrected chi connectivity index (χ0v) is 9.91. The molecule has 0 spiro atoms. The number of carbonyl (C=O) groups excluding carboxylic acids is 1. The highest BCUT2D eigenvalue weighted by Crippen LogP contribution is 2.15. The smallest absolute Gasteiger partial charge is 0.317 e. The van der Waals surface area contributed by atoms with Crippen molar-refractivity contribution in [1.82, 2.24) is 19.0 Å². The number of hydrogen-bond acceptors (Lipinski definition) is 4. The quantitative estimate of drug-likeness (QED) is 0.858. The van der Waals surface area contributed by atoms with Crippen LogP contribution in [0.1, 0.15) is 5.56 Å². The summed E-state index contributed by atoms with van der Waals surface area (Å²) in [6.07, 6.45) is 0. The standard InChI is InChI=1S/C10H12N4OS/c1-14(2)10(15)11-6-7-4-3-5-8-9(7)13-16-12-8/h3-5H,6H2,1-2H3,(H,11,15). The summed E-state index contributed by atoms with van der Waals surface area (Å²) in [5.74, 6) is 0. The fraction of sp³-hybridized carbons (Fsp3) is 0.300. The van der Waals surface area contributed by atoms with E-state index in [9.17, 15) is 4.79 Å². The van der Waals surface area contributed by atoms with Crippen molar-refractivity contribution < 1.29 is 4.79 Å². The second-order valence-corrected chi connectivity index (χ2v) is 4.13. The average molecular weight is 236 g/mol. The Bertz CT molecular complexity index is 508. The lowest BCUT2D eigenvalue weighted by Gasteiger charge is -2.11. The normalized spacial score (nSPS) is 10.4. The highest BCUT2D eigenvalue weighted by molar-refractivity contribution is 7.00. The Morgan fingerprint density at radius 1 is 1.44 bits per heavy atom. The Labute approximate surface area is 97.4 Å². The first-order valence-corrected chi connectivity index (χ1v) is 5.57. The SMILES string of the molecule is CN(C)C(=O)NCc1cccc2nsnc12. The first kappa shape index (κ1) is 10.8. The Kier molecular flexibility index (Phi) is 3.00. The minimum Gasteiger partial charge on any atom is -0.334 e. The van der Waals surface area contributed by atoms with Gasteiger partial charge in [-0.05, 0) is 6.07 Å². The summed E-state index contributed by atoms with van der Waals surface area (Å²) in [4.78, 5) is 12.9. The third-order valence-corrected chi connectivity index (χ3v) is 2.75. The Hall–Kier alpha value is -1.69. The van der Waals surface area contributed by atoms with E-state index < -0.39 is 0 Å². The maximum atomic E-state index is 11.4. The van der Waals surface area contributed by atoms with E-state index in [1.165, 1.54) is 16.6 Å². The molecule has 0 aliphatic rings. The highest BCUT2D eigenvalue weighted by atomic mass is 32.1. The number of amides is 2. The van der Waals surface area contributed by atoms with Gasteiger partial charge in [0.25, 0.3) is 0 Å². The molecule has 5 nitrogen and oxygen atoms in total. The molecule has 0 aliphatic heterocycles. The van der Waals surface area contributed by atoms with Crippen LogP contribution in [0.15, 0.2) is 18.2 Å². The summed E-state index contributed by atoms with van der Waals surface area (Å²) in [6.45, 7) is 0.472. The average Bonchev–Trinajstić information content (AvgIpc) is 2.73. The van der Waals surface area contributed by atoms with E-state index in [2.05, 4.69) is 14.1 Å². The van der Waals surface area contributed by atoms with Gasteiger partial charge in [-0.3, -0.25) is 0 Å². The van der Waals surface area contributed by atoms with E-state index in [0.29, 0.717) is 6.54 Å². The Morgan fingerprint density at radius 3 is 3.00 bits per heavy atom. The lowest BCUT2D eigenvalue weighted by molar-refractivity contribution is 0.217. The van der Waals surface area contributed by atoms with Crippen molar-refractivity contribution in [3.05, 3.63) is 23.8 Å². The molecule has 2 amide bonds. The molecule has 1 aromatic carbocycles. The van der Waals surface area contributed by atoms with Crippen LogP contribution in [0.5, 0.6) is 0 Å². The van der Waals surface area contributed by atoms with Crippen LogP contribution in [-0.4, -0.2) is 33.8 Å². The molecule has 1 N–H and O–H groups in total. The molecule has 84 valence electrons. The van der Waals surface area contributed by atoms with Crippen LogP contribution >= 0.6 is 11.7 Å². The molecule has 0 unspecified atom stereocenters. The van der Waals surface area contributed by atoms with Crippen LogP contribution in [0, 0.1) is 0 Å². The Morgan fingerprint density at radius 2 is 2.25 bits per heavy atom. The number of carbonyl (C=O) groups is 1. The van der Waals surface area contributed by atoms with Gasteiger partial charge >= 0.3 is 6.03 Å². The molecular formula is C10H12N4OS. The van der Waals surface area contributed by atoms with Gasteiger partial charge in [-0.2, -0.15) is 8.75 Å². The monoisotopic (exact) mass is 236 g/mol. The van der Waals surface area contributed by atoms with Crippen molar-refractivity contribution in [2.45, 2.75) is 6.54 Å². The van der Waals surface area contributed by atoms with Crippen LogP contribution in [0.4, 0.5) is 4.79 Å². The van der Waals surface area contributed by atoms with Crippen LogP contribution in [0.2, 0.25) is 0 Å². The summed E-state index contributed by atoms with van der Waals surface area (Å²) in [5.41, 5.74) is 2.73. The summed E-state index contributed by atoms with van der Waals surface area (Å²) in [7, 11) is 3.42. The minimum atomic E-state index is -0.111. The molecule has 1 heterocycles. The van der Waals surface area contributed by atoms with Crippen molar-refractivity contribution in [3.63, 3.8) is 0 Å². The number of rotatable bonds is 2. The molecule has 0 atom stereocenters. The second kappa shape index (κ2) is 4.44. The number of benzene rings is 1. The lowest BCUT2D eigenvalue weighted by Crippen LogP contribution is -2.33. The van der Waals surface area contributed by atoms with Crippen molar-refractivity contribution in [1.29, 1.82) is 0 Å². The second-order valence-electron chi connectivity index (χ2n) is 3.60. The van der Waals surface area contributed by atoms with Crippen LogP contribution in [0.3, 0.4) is 0 Å². The van der Waals surface area contributed by atoms with Gasteiger partial charge in [0.15, 0.2) is 0 Å². The highest BCUT2D eigenvalue weighted by Gasteiger charge is 2.07. The molecule has 0 aliphatic carbocycles. The number of fused-ring (bicyclic) bond motifs is 1. The zero-order valence-electron chi connectivity index (χ0n) is 9.10. The molecule has 0 bridgehead atoms. The molecule has 0 saturated carbocycles. The predicted molar refractivity (Wildman–Crippen MR) is 63.3 cm³/mol. The number of nitrogens with zero attached hydrogens (tertiary/aromatic N) is 3. The summed E-state index contributed by atoms with van der Waals surface area (Å²) < 4.78 is 8.36. The van der Waals surface area contributed by atoms with Crippen LogP contribution < -0.4 is 5.32 Å². The van der Waals surface area contributed by atoms with Crippen molar-refractivity contribution in [3.8, 4) is 0 Å². The van der Waals surface area contributed by atoms with Crippen molar-refractivity contribution in [2.75, 3.05) is 14.1 Å². The topological polar surface area (TPSA) is 58.1 Å². The van der Waals surface area contributed by atoms with Crippen molar-refractivity contribution >= 4 is 28.8 Å². The van der Waals surface area contributed by atoms with E-state index in [1.54, 1.807) is 14.1 Å². The van der Waals surface area contributed by atoms with E-state index in [0.717, 1.165) is 16.6 Å². The molecule has 16 heavy (non-hydrogen) atoms. The lowest BCUT2D eigenvalue weighted by atomic mass is 10.2. The van der Waals surface area contributed by atoms with Gasteiger partial charge in [-0.1, -0.05) is 12.1 Å². The fourth-order valence-electron chi connectivity index (χ4n) is 1.33. The number of aromatic nitrogens is 2. The maximum Gasteiger partial charge on any atom is 0.317 e. The zero-order chi connectivity index (χ0) is 11.5. The van der Waals surface area contributed by atoms with Gasteiger partial charge in [-0.25, -0.2) is 4.79 Å². The van der Waals surface area contributed by atoms with Gasteiger partial charge in [-0.15, -0.1) is 0 Å². The molecule has 0 fully saturated rings. The van der Waals surface area contributed by atoms with Gasteiger partial charge in [0.1, 0.15) is 11.0 Å². The van der Waals surface area contributed by atoms with E-state index in [-0.39, 0.29) is 6.03 Å². The summed E-state index contributed by atoms with van der Waals surface area (Å²) in [5, 5.41) is 2.80. The van der Waals surface area contributed by atoms with E-state index >= 15 is 0 Å². The summed E-state index contributed by atoms with van der Waals surface area (Å²) in [6, 6.07) is 5.66.